The lowest BCUT2D eigenvalue weighted by Gasteiger charge is -2.19. The molecular weight excluding hydrogens is 382 g/mol. The minimum Gasteiger partial charge on any atom is -0.369 e. The molecule has 2 amide bonds. The molecule has 1 aromatic carbocycles. The first kappa shape index (κ1) is 23.7. The molecule has 0 unspecified atom stereocenters. The van der Waals surface area contributed by atoms with E-state index >= 15 is 0 Å². The molecule has 0 radical (unpaired) electrons. The number of anilines is 1. The molecule has 2 saturated carbocycles. The van der Waals surface area contributed by atoms with E-state index < -0.39 is 0 Å². The van der Waals surface area contributed by atoms with Crippen LogP contribution in [0, 0.1) is 11.8 Å². The van der Waals surface area contributed by atoms with Gasteiger partial charge in [0.25, 0.3) is 0 Å². The van der Waals surface area contributed by atoms with Crippen LogP contribution in [0.5, 0.6) is 0 Å². The Bertz CT molecular complexity index is 645. The quantitative estimate of drug-likeness (QED) is 0.526. The van der Waals surface area contributed by atoms with Crippen LogP contribution in [-0.2, 0) is 9.59 Å². The van der Waals surface area contributed by atoms with Crippen molar-refractivity contribution in [2.24, 2.45) is 17.6 Å². The highest BCUT2D eigenvalue weighted by Gasteiger charge is 2.21. The van der Waals surface area contributed by atoms with Crippen molar-refractivity contribution in [3.63, 3.8) is 0 Å². The van der Waals surface area contributed by atoms with E-state index in [1.54, 1.807) is 11.9 Å². The van der Waals surface area contributed by atoms with Crippen molar-refractivity contribution < 1.29 is 9.59 Å². The number of carbonyl (C=O) groups is 2. The molecule has 162 valence electrons. The normalized spacial score (nSPS) is 17.2. The average molecular weight is 420 g/mol. The molecule has 3 rings (SSSR count). The van der Waals surface area contributed by atoms with Crippen LogP contribution in [0.15, 0.2) is 29.2 Å². The fraction of sp³-hybridized carbons (Fsp3) is 0.652. The lowest BCUT2D eigenvalue weighted by Crippen LogP contribution is -2.29. The number of hydrogen-bond donors (Lipinski definition) is 3. The van der Waals surface area contributed by atoms with E-state index in [1.165, 1.54) is 32.1 Å². The van der Waals surface area contributed by atoms with Gasteiger partial charge in [-0.3, -0.25) is 14.3 Å². The molecule has 0 aromatic heterocycles. The molecule has 0 saturated heterocycles. The monoisotopic (exact) mass is 419 g/mol. The number of nitrogens with one attached hydrogen (secondary N) is 2. The summed E-state index contributed by atoms with van der Waals surface area (Å²) in [5.74, 6) is 1.03. The van der Waals surface area contributed by atoms with Gasteiger partial charge in [-0.05, 0) is 82.2 Å². The molecule has 6 heteroatoms. The van der Waals surface area contributed by atoms with Crippen LogP contribution in [0.1, 0.15) is 78.6 Å². The summed E-state index contributed by atoms with van der Waals surface area (Å²) in [6.07, 6.45) is 10.00. The van der Waals surface area contributed by atoms with Crippen LogP contribution >= 0.6 is 11.9 Å². The molecule has 0 aliphatic heterocycles. The lowest BCUT2D eigenvalue weighted by molar-refractivity contribution is -0.122. The predicted octanol–water partition coefficient (Wildman–Crippen LogP) is 5.26. The Kier molecular flexibility index (Phi) is 9.50. The van der Waals surface area contributed by atoms with Gasteiger partial charge in [0.05, 0.1) is 0 Å². The van der Waals surface area contributed by atoms with Gasteiger partial charge in [-0.1, -0.05) is 32.1 Å². The van der Waals surface area contributed by atoms with Crippen molar-refractivity contribution >= 4 is 29.4 Å². The number of primary amides is 1. The summed E-state index contributed by atoms with van der Waals surface area (Å²) < 4.78 is 3.37. The Labute approximate surface area is 180 Å². The van der Waals surface area contributed by atoms with Crippen molar-refractivity contribution in [3.8, 4) is 0 Å². The number of nitrogens with two attached hydrogens (primary N) is 1. The maximum absolute atomic E-state index is 11.8. The van der Waals surface area contributed by atoms with E-state index in [1.807, 2.05) is 24.3 Å². The van der Waals surface area contributed by atoms with Gasteiger partial charge in [0.1, 0.15) is 0 Å². The van der Waals surface area contributed by atoms with Crippen LogP contribution in [0.3, 0.4) is 0 Å². The molecule has 0 bridgehead atoms. The zero-order valence-electron chi connectivity index (χ0n) is 18.1. The van der Waals surface area contributed by atoms with E-state index in [2.05, 4.69) is 30.8 Å². The van der Waals surface area contributed by atoms with Crippen LogP contribution in [0.25, 0.3) is 0 Å². The number of rotatable bonds is 7. The molecule has 4 N–H and O–H groups in total. The first-order valence-electron chi connectivity index (χ1n) is 10.9. The smallest absolute Gasteiger partial charge is 0.224 e. The van der Waals surface area contributed by atoms with Gasteiger partial charge in [-0.25, -0.2) is 0 Å². The lowest BCUT2D eigenvalue weighted by atomic mass is 9.89. The molecule has 2 aliphatic carbocycles. The zero-order valence-corrected chi connectivity index (χ0v) is 18.9. The maximum atomic E-state index is 11.8. The van der Waals surface area contributed by atoms with Gasteiger partial charge >= 0.3 is 0 Å². The summed E-state index contributed by atoms with van der Waals surface area (Å²) in [5, 5.41) is 2.96. The highest BCUT2D eigenvalue weighted by molar-refractivity contribution is 7.97. The van der Waals surface area contributed by atoms with Crippen LogP contribution in [-0.4, -0.2) is 17.4 Å². The van der Waals surface area contributed by atoms with Crippen LogP contribution < -0.4 is 15.8 Å². The summed E-state index contributed by atoms with van der Waals surface area (Å²) in [6.45, 7) is 6.40. The van der Waals surface area contributed by atoms with E-state index in [4.69, 9.17) is 5.73 Å². The average Bonchev–Trinajstić information content (AvgIpc) is 3.51. The van der Waals surface area contributed by atoms with Crippen molar-refractivity contribution in [1.82, 2.24) is 4.72 Å². The third-order valence-electron chi connectivity index (χ3n) is 5.10. The molecular formula is C23H37N3O2S. The number of benzene rings is 1. The van der Waals surface area contributed by atoms with Gasteiger partial charge in [0.2, 0.25) is 11.8 Å². The summed E-state index contributed by atoms with van der Waals surface area (Å²) in [6, 6.07) is 7.98. The van der Waals surface area contributed by atoms with E-state index in [0.29, 0.717) is 6.42 Å². The molecule has 0 atom stereocenters. The Morgan fingerprint density at radius 2 is 1.66 bits per heavy atom. The number of hydrogen-bond acceptors (Lipinski definition) is 4. The van der Waals surface area contributed by atoms with Gasteiger partial charge in [-0.15, -0.1) is 0 Å². The highest BCUT2D eigenvalue weighted by atomic mass is 32.2. The van der Waals surface area contributed by atoms with Crippen LogP contribution in [0.4, 0.5) is 5.69 Å². The molecule has 29 heavy (non-hydrogen) atoms. The second-order valence-corrected chi connectivity index (χ2v) is 10.1. The van der Waals surface area contributed by atoms with E-state index in [0.717, 1.165) is 35.8 Å². The Morgan fingerprint density at radius 1 is 1.03 bits per heavy atom. The highest BCUT2D eigenvalue weighted by Crippen LogP contribution is 2.33. The molecule has 0 spiro atoms. The Balaban J connectivity index is 0.000000278. The van der Waals surface area contributed by atoms with Gasteiger partial charge in [-0.2, -0.15) is 0 Å². The van der Waals surface area contributed by atoms with E-state index in [9.17, 15) is 9.59 Å². The molecule has 2 fully saturated rings. The summed E-state index contributed by atoms with van der Waals surface area (Å²) >= 11 is 1.61. The Hall–Kier alpha value is -1.53. The minimum atomic E-state index is -0.102. The maximum Gasteiger partial charge on any atom is 0.224 e. The SMILES string of the molecule is CC(C)(C)NSc1ccc(NC(=O)CCC2CC2)cc1.NC(=O)C1CCCCC1. The summed E-state index contributed by atoms with van der Waals surface area (Å²) in [4.78, 5) is 23.5. The van der Waals surface area contributed by atoms with Crippen molar-refractivity contribution in [2.45, 2.75) is 89.0 Å². The second kappa shape index (κ2) is 11.6. The summed E-state index contributed by atoms with van der Waals surface area (Å²) in [7, 11) is 0. The summed E-state index contributed by atoms with van der Waals surface area (Å²) in [5.41, 5.74) is 6.09. The first-order valence-corrected chi connectivity index (χ1v) is 11.7. The third kappa shape index (κ3) is 10.7. The number of carbonyl (C=O) groups excluding carboxylic acids is 2. The van der Waals surface area contributed by atoms with Gasteiger partial charge in [0, 0.05) is 28.5 Å². The first-order chi connectivity index (χ1) is 13.7. The molecule has 1 aromatic rings. The van der Waals surface area contributed by atoms with Gasteiger partial charge < -0.3 is 11.1 Å². The second-order valence-electron chi connectivity index (χ2n) is 9.25. The Morgan fingerprint density at radius 3 is 2.14 bits per heavy atom. The molecule has 0 heterocycles. The standard InChI is InChI=1S/C16H24N2OS.C7H13NO/c1-16(2,3)18-20-14-9-7-13(8-10-14)17-15(19)11-6-12-4-5-12;8-7(9)6-4-2-1-3-5-6/h7-10,12,18H,4-6,11H2,1-3H3,(H,17,19);6H,1-5H2,(H2,8,9). The fourth-order valence-corrected chi connectivity index (χ4v) is 3.87. The molecule has 5 nitrogen and oxygen atoms in total. The van der Waals surface area contributed by atoms with Crippen LogP contribution in [0.2, 0.25) is 0 Å². The van der Waals surface area contributed by atoms with E-state index in [-0.39, 0.29) is 23.3 Å². The minimum absolute atomic E-state index is 0.0837. The predicted molar refractivity (Wildman–Crippen MR) is 122 cm³/mol. The van der Waals surface area contributed by atoms with Crippen molar-refractivity contribution in [3.05, 3.63) is 24.3 Å². The van der Waals surface area contributed by atoms with Crippen molar-refractivity contribution in [2.75, 3.05) is 5.32 Å². The van der Waals surface area contributed by atoms with Crippen molar-refractivity contribution in [1.29, 1.82) is 0 Å². The van der Waals surface area contributed by atoms with Gasteiger partial charge in [0.15, 0.2) is 0 Å². The number of amides is 2. The third-order valence-corrected chi connectivity index (χ3v) is 6.32. The largest absolute Gasteiger partial charge is 0.369 e. The topological polar surface area (TPSA) is 84.2 Å². The fourth-order valence-electron chi connectivity index (χ4n) is 3.17. The zero-order chi connectivity index (χ0) is 21.3. The molecule has 2 aliphatic rings.